The number of ether oxygens (including phenoxy) is 4. The highest BCUT2D eigenvalue weighted by Gasteiger charge is 2.52. The topological polar surface area (TPSA) is 106 Å². The number of alkyl halides is 4. The van der Waals surface area contributed by atoms with Crippen LogP contribution in [-0.2, 0) is 30.4 Å². The molecule has 0 unspecified atom stereocenters. The number of fused-ring (bicyclic) bond motifs is 6. The van der Waals surface area contributed by atoms with E-state index in [9.17, 15) is 9.18 Å². The van der Waals surface area contributed by atoms with E-state index in [1.165, 1.54) is 13.0 Å². The molecule has 3 aromatic carbocycles. The fourth-order valence-electron chi connectivity index (χ4n) is 11.7. The van der Waals surface area contributed by atoms with Crippen molar-refractivity contribution in [2.24, 2.45) is 0 Å². The van der Waals surface area contributed by atoms with Gasteiger partial charge < -0.3 is 28.7 Å². The third-order valence-corrected chi connectivity index (χ3v) is 15.2. The summed E-state index contributed by atoms with van der Waals surface area (Å²) in [6, 6.07) is 14.9. The summed E-state index contributed by atoms with van der Waals surface area (Å²) in [6.45, 7) is 8.57. The van der Waals surface area contributed by atoms with Crippen LogP contribution in [0.15, 0.2) is 54.6 Å². The van der Waals surface area contributed by atoms with Crippen molar-refractivity contribution in [3.8, 4) is 28.8 Å². The first kappa shape index (κ1) is 48.0. The van der Waals surface area contributed by atoms with E-state index in [0.29, 0.717) is 61.7 Å². The van der Waals surface area contributed by atoms with Gasteiger partial charge in [0.1, 0.15) is 47.0 Å². The van der Waals surface area contributed by atoms with Crippen LogP contribution in [0.2, 0.25) is 5.02 Å². The van der Waals surface area contributed by atoms with Gasteiger partial charge in [0.2, 0.25) is 0 Å². The number of anilines is 2. The molecule has 1 amide bonds. The highest BCUT2D eigenvalue weighted by atomic mass is 35.5. The second-order valence-corrected chi connectivity index (χ2v) is 20.8. The van der Waals surface area contributed by atoms with E-state index in [1.54, 1.807) is 38.5 Å². The quantitative estimate of drug-likeness (QED) is 0.118. The van der Waals surface area contributed by atoms with E-state index in [2.05, 4.69) is 9.80 Å². The maximum Gasteiger partial charge on any atom is 0.418 e. The summed E-state index contributed by atoms with van der Waals surface area (Å²) in [5.74, 6) is 0.630. The van der Waals surface area contributed by atoms with Crippen LogP contribution < -0.4 is 24.0 Å². The molecule has 0 aliphatic carbocycles. The number of hydrogen-bond acceptors (Lipinski definition) is 11. The minimum atomic E-state index is -4.99. The average Bonchev–Trinajstić information content (AvgIpc) is 3.91. The van der Waals surface area contributed by atoms with Crippen LogP contribution in [0.5, 0.6) is 17.5 Å². The number of carbonyl (C=O) groups is 1. The van der Waals surface area contributed by atoms with E-state index in [-0.39, 0.29) is 90.5 Å². The minimum absolute atomic E-state index is 0.0354. The lowest BCUT2D eigenvalue weighted by Crippen LogP contribution is -2.62. The molecular weight excluding hydrogens is 933 g/mol. The Labute approximate surface area is 409 Å². The number of amides is 1. The number of piperazine rings is 1. The van der Waals surface area contributed by atoms with E-state index in [1.807, 2.05) is 54.8 Å². The molecule has 0 radical (unpaired) electrons. The Morgan fingerprint density at radius 1 is 0.914 bits per heavy atom. The van der Waals surface area contributed by atoms with Gasteiger partial charge in [0.25, 0.3) is 0 Å². The molecule has 5 aliphatic rings. The van der Waals surface area contributed by atoms with Crippen molar-refractivity contribution >= 4 is 40.2 Å². The molecule has 0 N–H and O–H groups in total. The molecule has 5 aliphatic heterocycles. The van der Waals surface area contributed by atoms with Crippen LogP contribution in [0.4, 0.5) is 38.4 Å². The summed E-state index contributed by atoms with van der Waals surface area (Å²) in [7, 11) is 3.12. The van der Waals surface area contributed by atoms with Crippen molar-refractivity contribution in [3.63, 3.8) is 0 Å². The SMILES string of the molecule is COc1ccc(CN(Cc2ccc(OC)cc2)c2cc(C)c(C(F)(F)F)c(-c3c(Cl)c4c5c(nc(OC[C@@]67CCCN6C[C@H](F)C7)nc5c3F)N3C[C@H]5CC[C@@H]([C@H]3CC4)N5C(=O)OC(C)(C)C)n2)cc1. The zero-order valence-electron chi connectivity index (χ0n) is 40.1. The Hall–Kier alpha value is -5.68. The molecule has 5 aromatic rings. The van der Waals surface area contributed by atoms with Gasteiger partial charge in [0, 0.05) is 32.6 Å². The van der Waals surface area contributed by atoms with Gasteiger partial charge in [-0.05, 0) is 125 Å². The number of hydrogen-bond donors (Lipinski definition) is 0. The van der Waals surface area contributed by atoms with Gasteiger partial charge in [-0.1, -0.05) is 35.9 Å². The minimum Gasteiger partial charge on any atom is -0.497 e. The third-order valence-electron chi connectivity index (χ3n) is 14.8. The smallest absolute Gasteiger partial charge is 0.418 e. The molecule has 2 bridgehead atoms. The molecule has 4 saturated heterocycles. The lowest BCUT2D eigenvalue weighted by Gasteiger charge is -2.47. The summed E-state index contributed by atoms with van der Waals surface area (Å²) in [5.41, 5.74) is -2.15. The van der Waals surface area contributed by atoms with Crippen molar-refractivity contribution in [3.05, 3.63) is 93.3 Å². The second-order valence-electron chi connectivity index (χ2n) is 20.4. The first-order valence-corrected chi connectivity index (χ1v) is 24.3. The van der Waals surface area contributed by atoms with E-state index >= 15 is 17.6 Å². The molecule has 10 rings (SSSR count). The number of carbonyl (C=O) groups excluding carboxylic acids is 1. The molecule has 7 heterocycles. The second kappa shape index (κ2) is 18.2. The van der Waals surface area contributed by atoms with Crippen LogP contribution in [0.1, 0.15) is 87.1 Å². The molecule has 4 fully saturated rings. The van der Waals surface area contributed by atoms with Crippen LogP contribution in [0.3, 0.4) is 0 Å². The molecule has 0 spiro atoms. The predicted molar refractivity (Wildman–Crippen MR) is 256 cm³/mol. The molecule has 12 nitrogen and oxygen atoms in total. The predicted octanol–water partition coefficient (Wildman–Crippen LogP) is 10.9. The number of pyridine rings is 1. The fraction of sp³-hybridized carbons (Fsp3) is 0.500. The van der Waals surface area contributed by atoms with Crippen LogP contribution in [0.25, 0.3) is 22.2 Å². The normalized spacial score (nSPS) is 23.0. The van der Waals surface area contributed by atoms with E-state index in [4.69, 9.17) is 45.5 Å². The Bertz CT molecular complexity index is 2760. The highest BCUT2D eigenvalue weighted by molar-refractivity contribution is 6.35. The molecule has 70 heavy (non-hydrogen) atoms. The summed E-state index contributed by atoms with van der Waals surface area (Å²) in [5, 5.41) is 0.0306. The van der Waals surface area contributed by atoms with Crippen molar-refractivity contribution in [2.45, 2.75) is 127 Å². The van der Waals surface area contributed by atoms with Gasteiger partial charge in [-0.15, -0.1) is 0 Å². The van der Waals surface area contributed by atoms with Crippen LogP contribution in [0, 0.1) is 12.7 Å². The summed E-state index contributed by atoms with van der Waals surface area (Å²) in [6.07, 6.45) is -2.67. The average molecular weight is 991 g/mol. The molecule has 5 atom stereocenters. The number of methoxy groups -OCH3 is 2. The zero-order valence-corrected chi connectivity index (χ0v) is 40.9. The summed E-state index contributed by atoms with van der Waals surface area (Å²) >= 11 is 7.40. The number of rotatable bonds is 11. The maximum absolute atomic E-state index is 18.2. The fourth-order valence-corrected chi connectivity index (χ4v) is 12.1. The van der Waals surface area contributed by atoms with Gasteiger partial charge in [-0.25, -0.2) is 18.6 Å². The summed E-state index contributed by atoms with van der Waals surface area (Å²) in [4.78, 5) is 36.1. The molecular formula is C52H57ClF5N7O5. The first-order valence-electron chi connectivity index (χ1n) is 24.0. The zero-order chi connectivity index (χ0) is 49.4. The van der Waals surface area contributed by atoms with Gasteiger partial charge in [-0.2, -0.15) is 23.1 Å². The van der Waals surface area contributed by atoms with Crippen LogP contribution >= 0.6 is 11.6 Å². The van der Waals surface area contributed by atoms with Crippen molar-refractivity contribution in [1.82, 2.24) is 24.8 Å². The maximum atomic E-state index is 18.2. The molecule has 372 valence electrons. The van der Waals surface area contributed by atoms with E-state index in [0.717, 1.165) is 17.5 Å². The van der Waals surface area contributed by atoms with E-state index < -0.39 is 52.2 Å². The Morgan fingerprint density at radius 3 is 2.21 bits per heavy atom. The Kier molecular flexibility index (Phi) is 12.5. The standard InChI is InChI=1S/C52H57ClF5N7O5/c1-29-22-39(62(24-30-8-13-34(67-5)14-9-30)25-31-10-15-35(68-6)16-11-31)59-45(42(29)52(56,57)58)41-43(53)36-17-19-37-38-18-12-33(65(38)49(66)70-50(2,3)4)27-64(37)47-40(36)46(44(41)55)60-48(61-47)69-28-51-20-7-21-63(51)26-32(54)23-51/h8-11,13-16,22,32-33,37-38H,7,12,17-21,23-28H2,1-6H3/t32-,33-,37-,38+,51+/m1/s1. The van der Waals surface area contributed by atoms with Gasteiger partial charge in [0.15, 0.2) is 5.82 Å². The number of halogens is 6. The van der Waals surface area contributed by atoms with Crippen molar-refractivity contribution < 1.29 is 45.7 Å². The van der Waals surface area contributed by atoms with Gasteiger partial charge in [0.05, 0.1) is 65.1 Å². The lowest BCUT2D eigenvalue weighted by atomic mass is 9.93. The van der Waals surface area contributed by atoms with Crippen molar-refractivity contribution in [1.29, 1.82) is 0 Å². The van der Waals surface area contributed by atoms with Gasteiger partial charge >= 0.3 is 18.3 Å². The monoisotopic (exact) mass is 989 g/mol. The largest absolute Gasteiger partial charge is 0.497 e. The number of nitrogens with zero attached hydrogens (tertiary/aromatic N) is 7. The summed E-state index contributed by atoms with van der Waals surface area (Å²) < 4.78 is 103. The number of aryl methyl sites for hydroxylation is 2. The number of benzene rings is 3. The molecule has 2 aromatic heterocycles. The molecule has 18 heteroatoms. The highest BCUT2D eigenvalue weighted by Crippen LogP contribution is 2.51. The lowest BCUT2D eigenvalue weighted by molar-refractivity contribution is -0.137. The molecule has 0 saturated carbocycles. The van der Waals surface area contributed by atoms with Crippen molar-refractivity contribution in [2.75, 3.05) is 50.3 Å². The third kappa shape index (κ3) is 8.79. The van der Waals surface area contributed by atoms with Crippen LogP contribution in [-0.4, -0.2) is 107 Å². The van der Waals surface area contributed by atoms with Gasteiger partial charge in [-0.3, -0.25) is 9.80 Å². The first-order chi connectivity index (χ1) is 33.3. The Morgan fingerprint density at radius 2 is 1.59 bits per heavy atom. The number of aromatic nitrogens is 3. The Balaban J connectivity index is 1.14.